The summed E-state index contributed by atoms with van der Waals surface area (Å²) in [7, 11) is 1.72. The second-order valence-electron chi connectivity index (χ2n) is 6.06. The monoisotopic (exact) mass is 377 g/mol. The predicted molar refractivity (Wildman–Crippen MR) is 94.6 cm³/mol. The summed E-state index contributed by atoms with van der Waals surface area (Å²) in [6.45, 7) is 2.64. The predicted octanol–water partition coefficient (Wildman–Crippen LogP) is 4.33. The van der Waals surface area contributed by atoms with E-state index in [1.165, 1.54) is 12.1 Å². The molecular formula is C19H18F3N3O2. The molecule has 0 N–H and O–H groups in total. The zero-order chi connectivity index (χ0) is 19.6. The highest BCUT2D eigenvalue weighted by Gasteiger charge is 2.30. The molecular weight excluding hydrogens is 359 g/mol. The lowest BCUT2D eigenvalue weighted by atomic mass is 10.2. The molecule has 0 unspecified atom stereocenters. The van der Waals surface area contributed by atoms with E-state index >= 15 is 0 Å². The van der Waals surface area contributed by atoms with E-state index in [4.69, 9.17) is 4.74 Å². The number of ether oxygens (including phenoxy) is 1. The van der Waals surface area contributed by atoms with Gasteiger partial charge in [0.2, 0.25) is 5.91 Å². The first kappa shape index (κ1) is 18.8. The van der Waals surface area contributed by atoms with Crippen molar-refractivity contribution in [1.82, 2.24) is 14.5 Å². The van der Waals surface area contributed by atoms with Gasteiger partial charge in [-0.1, -0.05) is 0 Å². The lowest BCUT2D eigenvalue weighted by Crippen LogP contribution is -2.29. The first-order valence-corrected chi connectivity index (χ1v) is 8.32. The topological polar surface area (TPSA) is 47.4 Å². The van der Waals surface area contributed by atoms with Gasteiger partial charge in [0.1, 0.15) is 18.0 Å². The van der Waals surface area contributed by atoms with E-state index < -0.39 is 11.7 Å². The van der Waals surface area contributed by atoms with Gasteiger partial charge >= 0.3 is 6.18 Å². The van der Waals surface area contributed by atoms with Crippen LogP contribution in [0.25, 0.3) is 11.0 Å². The van der Waals surface area contributed by atoms with Crippen molar-refractivity contribution < 1.29 is 22.7 Å². The lowest BCUT2D eigenvalue weighted by Gasteiger charge is -2.15. The van der Waals surface area contributed by atoms with Gasteiger partial charge < -0.3 is 14.2 Å². The Morgan fingerprint density at radius 3 is 2.44 bits per heavy atom. The number of aromatic nitrogens is 2. The molecule has 0 aliphatic carbocycles. The second kappa shape index (κ2) is 7.30. The van der Waals surface area contributed by atoms with Crippen LogP contribution in [0.3, 0.4) is 0 Å². The van der Waals surface area contributed by atoms with E-state index in [0.29, 0.717) is 23.3 Å². The number of halogens is 3. The van der Waals surface area contributed by atoms with Gasteiger partial charge in [-0.05, 0) is 43.3 Å². The van der Waals surface area contributed by atoms with Crippen molar-refractivity contribution in [3.8, 4) is 11.5 Å². The Kier molecular flexibility index (Phi) is 5.07. The number of nitrogens with zero attached hydrogens (tertiary/aromatic N) is 3. The molecule has 0 aliphatic heterocycles. The second-order valence-corrected chi connectivity index (χ2v) is 6.06. The molecule has 142 valence electrons. The van der Waals surface area contributed by atoms with Gasteiger partial charge in [0, 0.05) is 19.7 Å². The van der Waals surface area contributed by atoms with Crippen LogP contribution >= 0.6 is 0 Å². The number of amides is 1. The first-order chi connectivity index (χ1) is 12.8. The molecule has 3 aromatic rings. The van der Waals surface area contributed by atoms with Gasteiger partial charge in [-0.3, -0.25) is 4.79 Å². The highest BCUT2D eigenvalue weighted by molar-refractivity contribution is 5.81. The molecule has 0 bridgehead atoms. The van der Waals surface area contributed by atoms with Gasteiger partial charge in [0.15, 0.2) is 0 Å². The van der Waals surface area contributed by atoms with Crippen LogP contribution in [0.5, 0.6) is 11.5 Å². The largest absolute Gasteiger partial charge is 0.457 e. The molecule has 1 amide bonds. The summed E-state index contributed by atoms with van der Waals surface area (Å²) >= 11 is 0. The highest BCUT2D eigenvalue weighted by atomic mass is 19.4. The fourth-order valence-corrected chi connectivity index (χ4v) is 2.52. The van der Waals surface area contributed by atoms with Gasteiger partial charge in [0.25, 0.3) is 0 Å². The first-order valence-electron chi connectivity index (χ1n) is 8.32. The maximum Gasteiger partial charge on any atom is 0.416 e. The van der Waals surface area contributed by atoms with E-state index in [9.17, 15) is 18.0 Å². The van der Waals surface area contributed by atoms with E-state index in [0.717, 1.165) is 12.1 Å². The van der Waals surface area contributed by atoms with Gasteiger partial charge in [-0.2, -0.15) is 13.2 Å². The van der Waals surface area contributed by atoms with Crippen molar-refractivity contribution >= 4 is 16.9 Å². The Labute approximate surface area is 154 Å². The zero-order valence-electron chi connectivity index (χ0n) is 14.8. The number of benzene rings is 2. The Balaban J connectivity index is 1.81. The van der Waals surface area contributed by atoms with Crippen molar-refractivity contribution in [2.75, 3.05) is 13.6 Å². The summed E-state index contributed by atoms with van der Waals surface area (Å²) in [4.78, 5) is 18.0. The minimum absolute atomic E-state index is 0.0501. The molecule has 0 saturated heterocycles. The van der Waals surface area contributed by atoms with Crippen LogP contribution < -0.4 is 4.74 Å². The molecule has 0 radical (unpaired) electrons. The summed E-state index contributed by atoms with van der Waals surface area (Å²) in [5.74, 6) is 0.682. The lowest BCUT2D eigenvalue weighted by molar-refractivity contribution is -0.137. The van der Waals surface area contributed by atoms with Crippen molar-refractivity contribution in [2.45, 2.75) is 19.6 Å². The number of carbonyl (C=O) groups is 1. The van der Waals surface area contributed by atoms with Crippen LogP contribution in [-0.4, -0.2) is 34.0 Å². The van der Waals surface area contributed by atoms with E-state index in [-0.39, 0.29) is 18.2 Å². The van der Waals surface area contributed by atoms with Crippen LogP contribution in [0.2, 0.25) is 0 Å². The SMILES string of the molecule is CCN(C)C(=O)Cn1cnc2ccc(Oc3ccc(C(F)(F)F)cc3)cc21. The number of rotatable bonds is 5. The van der Waals surface area contributed by atoms with Crippen molar-refractivity contribution in [1.29, 1.82) is 0 Å². The zero-order valence-corrected chi connectivity index (χ0v) is 14.8. The molecule has 3 rings (SSSR count). The Morgan fingerprint density at radius 1 is 1.15 bits per heavy atom. The van der Waals surface area contributed by atoms with E-state index in [1.54, 1.807) is 41.0 Å². The quantitative estimate of drug-likeness (QED) is 0.665. The number of fused-ring (bicyclic) bond motifs is 1. The minimum atomic E-state index is -4.39. The van der Waals surface area contributed by atoms with Gasteiger partial charge in [-0.15, -0.1) is 0 Å². The molecule has 0 atom stereocenters. The fraction of sp³-hybridized carbons (Fsp3) is 0.263. The van der Waals surface area contributed by atoms with Crippen LogP contribution in [0.1, 0.15) is 12.5 Å². The molecule has 2 aromatic carbocycles. The number of alkyl halides is 3. The number of imidazole rings is 1. The maximum atomic E-state index is 12.6. The standard InChI is InChI=1S/C19H18F3N3O2/c1-3-24(2)18(26)11-25-12-23-16-9-8-15(10-17(16)25)27-14-6-4-13(5-7-14)19(20,21)22/h4-10,12H,3,11H2,1-2H3. The Hall–Kier alpha value is -3.03. The highest BCUT2D eigenvalue weighted by Crippen LogP contribution is 2.32. The summed E-state index contributed by atoms with van der Waals surface area (Å²) in [5, 5.41) is 0. The van der Waals surface area contributed by atoms with E-state index in [2.05, 4.69) is 4.98 Å². The number of carbonyl (C=O) groups excluding carboxylic acids is 1. The molecule has 27 heavy (non-hydrogen) atoms. The normalized spacial score (nSPS) is 11.6. The maximum absolute atomic E-state index is 12.6. The third kappa shape index (κ3) is 4.21. The molecule has 0 fully saturated rings. The average molecular weight is 377 g/mol. The Morgan fingerprint density at radius 2 is 1.81 bits per heavy atom. The fourth-order valence-electron chi connectivity index (χ4n) is 2.52. The molecule has 1 aromatic heterocycles. The average Bonchev–Trinajstić information content (AvgIpc) is 3.03. The van der Waals surface area contributed by atoms with Crippen molar-refractivity contribution in [3.63, 3.8) is 0 Å². The summed E-state index contributed by atoms with van der Waals surface area (Å²) in [6, 6.07) is 9.60. The number of hydrogen-bond donors (Lipinski definition) is 0. The van der Waals surface area contributed by atoms with Gasteiger partial charge in [0.05, 0.1) is 22.9 Å². The smallest absolute Gasteiger partial charge is 0.416 e. The molecule has 0 saturated carbocycles. The van der Waals surface area contributed by atoms with Crippen molar-refractivity contribution in [3.05, 3.63) is 54.4 Å². The summed E-state index contributed by atoms with van der Waals surface area (Å²) in [6.07, 6.45) is -2.81. The third-order valence-corrected chi connectivity index (χ3v) is 4.22. The van der Waals surface area contributed by atoms with Crippen LogP contribution in [0, 0.1) is 0 Å². The molecule has 0 spiro atoms. The van der Waals surface area contributed by atoms with Crippen LogP contribution in [0.4, 0.5) is 13.2 Å². The summed E-state index contributed by atoms with van der Waals surface area (Å²) in [5.41, 5.74) is 0.668. The Bertz CT molecular complexity index is 949. The van der Waals surface area contributed by atoms with Gasteiger partial charge in [-0.25, -0.2) is 4.98 Å². The number of hydrogen-bond acceptors (Lipinski definition) is 3. The minimum Gasteiger partial charge on any atom is -0.457 e. The molecule has 5 nitrogen and oxygen atoms in total. The van der Waals surface area contributed by atoms with Crippen LogP contribution in [-0.2, 0) is 17.5 Å². The summed E-state index contributed by atoms with van der Waals surface area (Å²) < 4.78 is 45.3. The molecule has 1 heterocycles. The molecule has 8 heteroatoms. The molecule has 0 aliphatic rings. The van der Waals surface area contributed by atoms with Crippen LogP contribution in [0.15, 0.2) is 48.8 Å². The number of likely N-dealkylation sites (N-methyl/N-ethyl adjacent to an activating group) is 1. The van der Waals surface area contributed by atoms with Crippen molar-refractivity contribution in [2.24, 2.45) is 0 Å². The van der Waals surface area contributed by atoms with E-state index in [1.807, 2.05) is 6.92 Å². The third-order valence-electron chi connectivity index (χ3n) is 4.22.